The first-order chi connectivity index (χ1) is 10.7. The van der Waals surface area contributed by atoms with Crippen LogP contribution in [0.1, 0.15) is 26.5 Å². The van der Waals surface area contributed by atoms with E-state index < -0.39 is 29.9 Å². The van der Waals surface area contributed by atoms with E-state index in [0.717, 1.165) is 0 Å². The fraction of sp³-hybridized carbons (Fsp3) is 0.429. The summed E-state index contributed by atoms with van der Waals surface area (Å²) in [7, 11) is 0. The molecular formula is C14H17N3O6. The van der Waals surface area contributed by atoms with Crippen LogP contribution < -0.4 is 10.8 Å². The van der Waals surface area contributed by atoms with Gasteiger partial charge >= 0.3 is 18.2 Å². The van der Waals surface area contributed by atoms with Crippen molar-refractivity contribution in [3.05, 3.63) is 24.0 Å². The van der Waals surface area contributed by atoms with Gasteiger partial charge in [-0.1, -0.05) is 0 Å². The van der Waals surface area contributed by atoms with Crippen LogP contribution in [0, 0.1) is 0 Å². The Morgan fingerprint density at radius 3 is 2.70 bits per heavy atom. The third-order valence-corrected chi connectivity index (χ3v) is 2.75. The second-order valence-corrected chi connectivity index (χ2v) is 5.79. The molecule has 23 heavy (non-hydrogen) atoms. The van der Waals surface area contributed by atoms with Crippen molar-refractivity contribution >= 4 is 23.8 Å². The van der Waals surface area contributed by atoms with Gasteiger partial charge in [-0.3, -0.25) is 14.6 Å². The maximum absolute atomic E-state index is 12.4. The van der Waals surface area contributed by atoms with E-state index >= 15 is 0 Å². The maximum atomic E-state index is 12.4. The minimum atomic E-state index is -1.22. The van der Waals surface area contributed by atoms with Gasteiger partial charge in [0.15, 0.2) is 6.10 Å². The van der Waals surface area contributed by atoms with Gasteiger partial charge in [0, 0.05) is 12.6 Å². The Balaban J connectivity index is 2.26. The van der Waals surface area contributed by atoms with Crippen molar-refractivity contribution < 1.29 is 28.7 Å². The molecule has 9 heteroatoms. The zero-order chi connectivity index (χ0) is 17.2. The highest BCUT2D eigenvalue weighted by molar-refractivity contribution is 5.99. The van der Waals surface area contributed by atoms with Crippen LogP contribution >= 0.6 is 0 Å². The molecule has 0 spiro atoms. The first-order valence-electron chi connectivity index (χ1n) is 6.82. The number of carbonyl (C=O) groups is 3. The molecule has 2 amide bonds. The number of pyridine rings is 1. The number of primary amides is 1. The zero-order valence-corrected chi connectivity index (χ0v) is 12.9. The van der Waals surface area contributed by atoms with Gasteiger partial charge in [0.25, 0.3) is 0 Å². The molecule has 0 saturated carbocycles. The lowest BCUT2D eigenvalue weighted by Gasteiger charge is -2.31. The molecular weight excluding hydrogens is 306 g/mol. The van der Waals surface area contributed by atoms with Crippen LogP contribution in [0.3, 0.4) is 0 Å². The second-order valence-electron chi connectivity index (χ2n) is 5.79. The molecule has 2 rings (SSSR count). The number of aromatic nitrogens is 1. The van der Waals surface area contributed by atoms with Crippen molar-refractivity contribution in [3.8, 4) is 0 Å². The molecule has 1 atom stereocenters. The zero-order valence-electron chi connectivity index (χ0n) is 12.9. The van der Waals surface area contributed by atoms with Crippen LogP contribution in [0.25, 0.3) is 0 Å². The van der Waals surface area contributed by atoms with Crippen molar-refractivity contribution in [1.29, 1.82) is 0 Å². The summed E-state index contributed by atoms with van der Waals surface area (Å²) in [4.78, 5) is 44.1. The normalized spacial score (nSPS) is 17.3. The molecule has 1 aromatic heterocycles. The Labute approximate surface area is 132 Å². The highest BCUT2D eigenvalue weighted by Crippen LogP contribution is 2.28. The van der Waals surface area contributed by atoms with E-state index in [1.54, 1.807) is 32.9 Å². The summed E-state index contributed by atoms with van der Waals surface area (Å²) in [5, 5.41) is 0.702. The summed E-state index contributed by atoms with van der Waals surface area (Å²) in [6.07, 6.45) is -1.87. The SMILES string of the molecule is CC(C)(C)OC(=O)ON1C(=O)C(OC(N)=O)Cc2ncccc21. The van der Waals surface area contributed by atoms with Crippen LogP contribution in [-0.2, 0) is 25.5 Å². The molecule has 0 radical (unpaired) electrons. The van der Waals surface area contributed by atoms with Crippen molar-refractivity contribution in [2.75, 3.05) is 5.06 Å². The number of amides is 2. The topological polar surface area (TPSA) is 121 Å². The van der Waals surface area contributed by atoms with E-state index in [0.29, 0.717) is 10.8 Å². The maximum Gasteiger partial charge on any atom is 0.534 e. The highest BCUT2D eigenvalue weighted by Gasteiger charge is 2.39. The Morgan fingerprint density at radius 1 is 1.39 bits per heavy atom. The molecule has 1 aliphatic rings. The van der Waals surface area contributed by atoms with Crippen molar-refractivity contribution in [1.82, 2.24) is 4.98 Å². The average molecular weight is 323 g/mol. The molecule has 2 N–H and O–H groups in total. The predicted molar refractivity (Wildman–Crippen MR) is 77.2 cm³/mol. The molecule has 9 nitrogen and oxygen atoms in total. The van der Waals surface area contributed by atoms with Crippen LogP contribution in [-0.4, -0.2) is 34.8 Å². The molecule has 1 aliphatic heterocycles. The third-order valence-electron chi connectivity index (χ3n) is 2.75. The number of hydrogen-bond acceptors (Lipinski definition) is 7. The van der Waals surface area contributed by atoms with Gasteiger partial charge in [-0.2, -0.15) is 0 Å². The van der Waals surface area contributed by atoms with E-state index in [1.165, 1.54) is 6.20 Å². The third kappa shape index (κ3) is 4.09. The van der Waals surface area contributed by atoms with Gasteiger partial charge in [-0.15, -0.1) is 5.06 Å². The molecule has 0 aromatic carbocycles. The number of hydrogen-bond donors (Lipinski definition) is 1. The van der Waals surface area contributed by atoms with Crippen molar-refractivity contribution in [2.24, 2.45) is 5.73 Å². The minimum Gasteiger partial charge on any atom is -0.436 e. The summed E-state index contributed by atoms with van der Waals surface area (Å²) in [5.74, 6) is -0.754. The number of anilines is 1. The lowest BCUT2D eigenvalue weighted by Crippen LogP contribution is -2.48. The molecule has 2 heterocycles. The molecule has 0 bridgehead atoms. The fourth-order valence-electron chi connectivity index (χ4n) is 1.95. The van der Waals surface area contributed by atoms with Crippen molar-refractivity contribution in [3.63, 3.8) is 0 Å². The van der Waals surface area contributed by atoms with E-state index in [-0.39, 0.29) is 12.1 Å². The molecule has 1 aromatic rings. The molecule has 1 unspecified atom stereocenters. The summed E-state index contributed by atoms with van der Waals surface area (Å²) >= 11 is 0. The van der Waals surface area contributed by atoms with E-state index in [4.69, 9.17) is 20.0 Å². The highest BCUT2D eigenvalue weighted by atomic mass is 16.8. The monoisotopic (exact) mass is 323 g/mol. The number of carbonyl (C=O) groups excluding carboxylic acids is 3. The van der Waals surface area contributed by atoms with Gasteiger partial charge < -0.3 is 15.2 Å². The Hall–Kier alpha value is -2.84. The summed E-state index contributed by atoms with van der Waals surface area (Å²) in [6, 6.07) is 3.12. The average Bonchev–Trinajstić information content (AvgIpc) is 2.41. The first kappa shape index (κ1) is 16.5. The Kier molecular flexibility index (Phi) is 4.39. The molecule has 0 fully saturated rings. The quantitative estimate of drug-likeness (QED) is 0.814. The van der Waals surface area contributed by atoms with Crippen LogP contribution in [0.5, 0.6) is 0 Å². The summed E-state index contributed by atoms with van der Waals surface area (Å²) in [6.45, 7) is 4.96. The Bertz CT molecular complexity index is 640. The Morgan fingerprint density at radius 2 is 2.09 bits per heavy atom. The number of fused-ring (bicyclic) bond motifs is 1. The number of nitrogens with zero attached hydrogens (tertiary/aromatic N) is 2. The van der Waals surface area contributed by atoms with Crippen LogP contribution in [0.15, 0.2) is 18.3 Å². The van der Waals surface area contributed by atoms with Crippen molar-refractivity contribution in [2.45, 2.75) is 38.9 Å². The fourth-order valence-corrected chi connectivity index (χ4v) is 1.95. The number of rotatable bonds is 2. The number of ether oxygens (including phenoxy) is 2. The lowest BCUT2D eigenvalue weighted by molar-refractivity contribution is -0.134. The van der Waals surface area contributed by atoms with E-state index in [9.17, 15) is 14.4 Å². The van der Waals surface area contributed by atoms with Gasteiger partial charge in [0.1, 0.15) is 11.3 Å². The molecule has 124 valence electrons. The second kappa shape index (κ2) is 6.11. The molecule has 0 aliphatic carbocycles. The smallest absolute Gasteiger partial charge is 0.436 e. The number of hydroxylamine groups is 1. The predicted octanol–water partition coefficient (Wildman–Crippen LogP) is 1.30. The lowest BCUT2D eigenvalue weighted by atomic mass is 10.1. The van der Waals surface area contributed by atoms with Gasteiger partial charge in [0.05, 0.1) is 5.69 Å². The van der Waals surface area contributed by atoms with Gasteiger partial charge in [-0.25, -0.2) is 9.59 Å². The van der Waals surface area contributed by atoms with Gasteiger partial charge in [0.2, 0.25) is 0 Å². The minimum absolute atomic E-state index is 0.0339. The van der Waals surface area contributed by atoms with Crippen LogP contribution in [0.4, 0.5) is 15.3 Å². The number of nitrogens with two attached hydrogens (primary N) is 1. The largest absolute Gasteiger partial charge is 0.534 e. The summed E-state index contributed by atoms with van der Waals surface area (Å²) in [5.41, 5.74) is 4.85. The first-order valence-corrected chi connectivity index (χ1v) is 6.82. The van der Waals surface area contributed by atoms with E-state index in [2.05, 4.69) is 4.98 Å². The molecule has 0 saturated heterocycles. The van der Waals surface area contributed by atoms with Crippen LogP contribution in [0.2, 0.25) is 0 Å². The van der Waals surface area contributed by atoms with Gasteiger partial charge in [-0.05, 0) is 32.9 Å². The summed E-state index contributed by atoms with van der Waals surface area (Å²) < 4.78 is 9.76. The van der Waals surface area contributed by atoms with E-state index in [1.807, 2.05) is 0 Å². The standard InChI is InChI=1S/C14H17N3O6/c1-14(2,3)22-13(20)23-17-9-5-4-6-16-8(9)7-10(11(17)18)21-12(15)19/h4-6,10H,7H2,1-3H3,(H2,15,19).